The third-order valence-electron chi connectivity index (χ3n) is 5.10. The maximum absolute atomic E-state index is 13.1. The van der Waals surface area contributed by atoms with Crippen LogP contribution in [0.2, 0.25) is 0 Å². The van der Waals surface area contributed by atoms with Crippen molar-refractivity contribution in [1.29, 1.82) is 0 Å². The third-order valence-corrected chi connectivity index (χ3v) is 5.10. The number of rotatable bonds is 6. The van der Waals surface area contributed by atoms with Gasteiger partial charge in [-0.15, -0.1) is 0 Å². The van der Waals surface area contributed by atoms with Gasteiger partial charge in [-0.05, 0) is 42.7 Å². The highest BCUT2D eigenvalue weighted by Crippen LogP contribution is 2.24. The van der Waals surface area contributed by atoms with Crippen molar-refractivity contribution in [3.63, 3.8) is 0 Å². The van der Waals surface area contributed by atoms with Crippen LogP contribution in [0.5, 0.6) is 0 Å². The van der Waals surface area contributed by atoms with Crippen LogP contribution in [-0.4, -0.2) is 26.3 Å². The fourth-order valence-electron chi connectivity index (χ4n) is 3.27. The normalized spacial score (nSPS) is 13.4. The average molecular weight is 401 g/mol. The molecule has 0 atom stereocenters. The van der Waals surface area contributed by atoms with Crippen LogP contribution in [0.15, 0.2) is 67.1 Å². The highest BCUT2D eigenvalue weighted by atomic mass is 19.1. The Kier molecular flexibility index (Phi) is 4.63. The molecule has 0 unspecified atom stereocenters. The Bertz CT molecular complexity index is 1200. The van der Waals surface area contributed by atoms with Crippen molar-refractivity contribution in [2.75, 3.05) is 5.32 Å². The van der Waals surface area contributed by atoms with Crippen molar-refractivity contribution >= 4 is 17.4 Å². The second-order valence-corrected chi connectivity index (χ2v) is 7.44. The van der Waals surface area contributed by atoms with E-state index in [-0.39, 0.29) is 11.7 Å². The summed E-state index contributed by atoms with van der Waals surface area (Å²) < 4.78 is 15.0. The number of nitrogens with one attached hydrogen (secondary N) is 2. The molecular formula is C23H20FN5O. The van der Waals surface area contributed by atoms with Gasteiger partial charge in [0.05, 0.1) is 5.69 Å². The summed E-state index contributed by atoms with van der Waals surface area (Å²) in [6, 6.07) is 14.1. The van der Waals surface area contributed by atoms with E-state index in [1.807, 2.05) is 41.1 Å². The molecule has 1 aliphatic rings. The van der Waals surface area contributed by atoms with Crippen LogP contribution in [0.1, 0.15) is 28.8 Å². The van der Waals surface area contributed by atoms with Crippen molar-refractivity contribution in [1.82, 2.24) is 19.7 Å². The van der Waals surface area contributed by atoms with Crippen molar-refractivity contribution in [2.45, 2.75) is 25.4 Å². The molecule has 5 rings (SSSR count). The van der Waals surface area contributed by atoms with Crippen LogP contribution in [0, 0.1) is 5.82 Å². The fraction of sp³-hybridized carbons (Fsp3) is 0.174. The molecule has 0 bridgehead atoms. The zero-order chi connectivity index (χ0) is 20.5. The molecule has 2 aromatic heterocycles. The predicted molar refractivity (Wildman–Crippen MR) is 113 cm³/mol. The summed E-state index contributed by atoms with van der Waals surface area (Å²) >= 11 is 0. The summed E-state index contributed by atoms with van der Waals surface area (Å²) in [5.74, 6) is 0.338. The molecule has 7 heteroatoms. The number of hydrogen-bond acceptors (Lipinski definition) is 4. The summed E-state index contributed by atoms with van der Waals surface area (Å²) in [7, 11) is 0. The van der Waals surface area contributed by atoms with E-state index in [1.165, 1.54) is 12.1 Å². The maximum Gasteiger partial charge on any atom is 0.251 e. The van der Waals surface area contributed by atoms with Crippen LogP contribution in [0.4, 0.5) is 10.2 Å². The topological polar surface area (TPSA) is 71.3 Å². The Balaban J connectivity index is 1.40. The smallest absolute Gasteiger partial charge is 0.251 e. The largest absolute Gasteiger partial charge is 0.363 e. The monoisotopic (exact) mass is 401 g/mol. The van der Waals surface area contributed by atoms with E-state index in [0.29, 0.717) is 29.6 Å². The van der Waals surface area contributed by atoms with E-state index in [0.717, 1.165) is 29.7 Å². The fourth-order valence-corrected chi connectivity index (χ4v) is 3.27. The van der Waals surface area contributed by atoms with Crippen molar-refractivity contribution < 1.29 is 9.18 Å². The van der Waals surface area contributed by atoms with Crippen LogP contribution in [0.25, 0.3) is 16.9 Å². The number of nitrogens with zero attached hydrogens (tertiary/aromatic N) is 3. The van der Waals surface area contributed by atoms with E-state index in [9.17, 15) is 9.18 Å². The minimum atomic E-state index is -0.260. The summed E-state index contributed by atoms with van der Waals surface area (Å²) in [5.41, 5.74) is 3.96. The molecule has 1 aliphatic carbocycles. The number of amides is 1. The predicted octanol–water partition coefficient (Wildman–Crippen LogP) is 4.04. The number of anilines is 1. The summed E-state index contributed by atoms with van der Waals surface area (Å²) in [5, 5.41) is 6.29. The molecule has 1 fully saturated rings. The Hall–Kier alpha value is -3.74. The number of halogens is 1. The van der Waals surface area contributed by atoms with Crippen LogP contribution >= 0.6 is 0 Å². The molecule has 2 heterocycles. The van der Waals surface area contributed by atoms with E-state index in [2.05, 4.69) is 15.6 Å². The Morgan fingerprint density at radius 3 is 2.60 bits per heavy atom. The lowest BCUT2D eigenvalue weighted by atomic mass is 10.1. The van der Waals surface area contributed by atoms with E-state index >= 15 is 0 Å². The molecule has 6 nitrogen and oxygen atoms in total. The number of carbonyl (C=O) groups excluding carboxylic acids is 1. The molecule has 4 aromatic rings. The number of fused-ring (bicyclic) bond motifs is 1. The van der Waals surface area contributed by atoms with Crippen molar-refractivity contribution in [3.05, 3.63) is 84.1 Å². The van der Waals surface area contributed by atoms with Gasteiger partial charge in [-0.3, -0.25) is 4.79 Å². The molecule has 0 spiro atoms. The molecule has 2 N–H and O–H groups in total. The van der Waals surface area contributed by atoms with Gasteiger partial charge in [0.15, 0.2) is 11.5 Å². The Labute approximate surface area is 172 Å². The first-order valence-corrected chi connectivity index (χ1v) is 9.89. The van der Waals surface area contributed by atoms with Gasteiger partial charge in [0.2, 0.25) is 0 Å². The number of hydrogen-bond donors (Lipinski definition) is 2. The standard InChI is InChI=1S/C23H20FN5O/c24-18-7-1-15(2-8-18)13-26-21-22-25-11-12-29(22)14-20(28-21)16-3-5-17(6-4-16)23(30)27-19-9-10-19/h1-8,11-12,14,19H,9-10,13H2,(H,26,28)(H,27,30). The molecule has 0 aliphatic heterocycles. The van der Waals surface area contributed by atoms with Crippen LogP contribution < -0.4 is 10.6 Å². The van der Waals surface area contributed by atoms with Crippen LogP contribution in [0.3, 0.4) is 0 Å². The van der Waals surface area contributed by atoms with E-state index in [4.69, 9.17) is 4.98 Å². The average Bonchev–Trinajstić information content (AvgIpc) is 3.45. The first-order valence-electron chi connectivity index (χ1n) is 9.89. The lowest BCUT2D eigenvalue weighted by molar-refractivity contribution is 0.0951. The molecule has 1 amide bonds. The van der Waals surface area contributed by atoms with Crippen molar-refractivity contribution in [2.24, 2.45) is 0 Å². The van der Waals surface area contributed by atoms with Crippen LogP contribution in [-0.2, 0) is 6.54 Å². The summed E-state index contributed by atoms with van der Waals surface area (Å²) in [6.07, 6.45) is 7.61. The number of carbonyl (C=O) groups is 1. The highest BCUT2D eigenvalue weighted by molar-refractivity contribution is 5.95. The molecular weight excluding hydrogens is 381 g/mol. The summed E-state index contributed by atoms with van der Waals surface area (Å²) in [4.78, 5) is 21.3. The second-order valence-electron chi connectivity index (χ2n) is 7.44. The minimum absolute atomic E-state index is 0.0382. The minimum Gasteiger partial charge on any atom is -0.363 e. The highest BCUT2D eigenvalue weighted by Gasteiger charge is 2.23. The van der Waals surface area contributed by atoms with Gasteiger partial charge in [0, 0.05) is 42.3 Å². The first kappa shape index (κ1) is 18.3. The molecule has 1 saturated carbocycles. The lowest BCUT2D eigenvalue weighted by Gasteiger charge is -2.11. The van der Waals surface area contributed by atoms with Gasteiger partial charge in [0.25, 0.3) is 5.91 Å². The van der Waals surface area contributed by atoms with E-state index < -0.39 is 0 Å². The van der Waals surface area contributed by atoms with Gasteiger partial charge in [-0.25, -0.2) is 14.4 Å². The van der Waals surface area contributed by atoms with Gasteiger partial charge >= 0.3 is 0 Å². The SMILES string of the molecule is O=C(NC1CC1)c1ccc(-c2cn3ccnc3c(NCc3ccc(F)cc3)n2)cc1. The molecule has 0 radical (unpaired) electrons. The zero-order valence-corrected chi connectivity index (χ0v) is 16.2. The molecule has 0 saturated heterocycles. The molecule has 30 heavy (non-hydrogen) atoms. The van der Waals surface area contributed by atoms with Gasteiger partial charge in [-0.2, -0.15) is 0 Å². The lowest BCUT2D eigenvalue weighted by Crippen LogP contribution is -2.25. The molecule has 2 aromatic carbocycles. The Morgan fingerprint density at radius 2 is 1.87 bits per heavy atom. The zero-order valence-electron chi connectivity index (χ0n) is 16.2. The quantitative estimate of drug-likeness (QED) is 0.512. The number of imidazole rings is 1. The Morgan fingerprint density at radius 1 is 1.10 bits per heavy atom. The third kappa shape index (κ3) is 3.87. The van der Waals surface area contributed by atoms with Gasteiger partial charge < -0.3 is 15.0 Å². The summed E-state index contributed by atoms with van der Waals surface area (Å²) in [6.45, 7) is 0.500. The molecule has 150 valence electrons. The second kappa shape index (κ2) is 7.59. The van der Waals surface area contributed by atoms with Gasteiger partial charge in [-0.1, -0.05) is 24.3 Å². The first-order chi connectivity index (χ1) is 14.7. The van der Waals surface area contributed by atoms with Crippen molar-refractivity contribution in [3.8, 4) is 11.3 Å². The number of aromatic nitrogens is 3. The van der Waals surface area contributed by atoms with E-state index in [1.54, 1.807) is 18.3 Å². The van der Waals surface area contributed by atoms with Gasteiger partial charge in [0.1, 0.15) is 5.82 Å². The number of benzene rings is 2. The maximum atomic E-state index is 13.1.